The van der Waals surface area contributed by atoms with Crippen molar-refractivity contribution in [3.8, 4) is 0 Å². The fraction of sp³-hybridized carbons (Fsp3) is 0.579. The van der Waals surface area contributed by atoms with E-state index in [-0.39, 0.29) is 24.4 Å². The SMILES string of the molecule is CCN1C(=NC2CCCCC2)SCC1CC(=O)Nc1cc(Cl)cc(Cl)c1.Cl. The van der Waals surface area contributed by atoms with Crippen LogP contribution in [0.2, 0.25) is 10.0 Å². The molecule has 0 spiro atoms. The van der Waals surface area contributed by atoms with Crippen molar-refractivity contribution in [2.75, 3.05) is 17.6 Å². The fourth-order valence-corrected chi connectivity index (χ4v) is 5.43. The third kappa shape index (κ3) is 6.45. The van der Waals surface area contributed by atoms with Crippen molar-refractivity contribution in [2.24, 2.45) is 4.99 Å². The highest BCUT2D eigenvalue weighted by molar-refractivity contribution is 8.14. The highest BCUT2D eigenvalue weighted by Crippen LogP contribution is 2.30. The molecule has 150 valence electrons. The van der Waals surface area contributed by atoms with Gasteiger partial charge in [0.25, 0.3) is 0 Å². The number of amidine groups is 1. The Bertz CT molecular complexity index is 660. The van der Waals surface area contributed by atoms with E-state index in [0.29, 0.717) is 28.2 Å². The van der Waals surface area contributed by atoms with Crippen LogP contribution in [-0.2, 0) is 4.79 Å². The van der Waals surface area contributed by atoms with E-state index in [1.54, 1.807) is 30.0 Å². The normalized spacial score (nSPS) is 22.0. The lowest BCUT2D eigenvalue weighted by atomic mass is 9.96. The Hall–Kier alpha value is -0.620. The summed E-state index contributed by atoms with van der Waals surface area (Å²) in [7, 11) is 0. The number of anilines is 1. The van der Waals surface area contributed by atoms with Crippen LogP contribution in [0.4, 0.5) is 5.69 Å². The minimum atomic E-state index is -0.0219. The number of hydrogen-bond donors (Lipinski definition) is 1. The van der Waals surface area contributed by atoms with Gasteiger partial charge in [-0.1, -0.05) is 54.2 Å². The molecule has 1 heterocycles. The first-order valence-electron chi connectivity index (χ1n) is 9.28. The third-order valence-electron chi connectivity index (χ3n) is 4.87. The molecule has 0 aromatic heterocycles. The van der Waals surface area contributed by atoms with Gasteiger partial charge in [0.15, 0.2) is 5.17 Å². The Morgan fingerprint density at radius 3 is 2.52 bits per heavy atom. The Morgan fingerprint density at radius 1 is 1.22 bits per heavy atom. The molecule has 1 amide bonds. The number of aliphatic imine (C=N–C) groups is 1. The summed E-state index contributed by atoms with van der Waals surface area (Å²) in [5.74, 6) is 0.884. The molecule has 0 bridgehead atoms. The quantitative estimate of drug-likeness (QED) is 0.610. The minimum Gasteiger partial charge on any atom is -0.347 e. The number of hydrogen-bond acceptors (Lipinski definition) is 3. The maximum atomic E-state index is 12.5. The second-order valence-electron chi connectivity index (χ2n) is 6.86. The number of thioether (sulfide) groups is 1. The van der Waals surface area contributed by atoms with Crippen LogP contribution in [-0.4, -0.2) is 40.4 Å². The molecule has 0 radical (unpaired) electrons. The van der Waals surface area contributed by atoms with Gasteiger partial charge in [0.05, 0.1) is 6.04 Å². The van der Waals surface area contributed by atoms with Gasteiger partial charge in [-0.15, -0.1) is 12.4 Å². The first kappa shape index (κ1) is 22.7. The molecule has 2 fully saturated rings. The maximum absolute atomic E-state index is 12.5. The highest BCUT2D eigenvalue weighted by Gasteiger charge is 2.31. The lowest BCUT2D eigenvalue weighted by molar-refractivity contribution is -0.116. The van der Waals surface area contributed by atoms with Crippen LogP contribution in [0, 0.1) is 0 Å². The van der Waals surface area contributed by atoms with E-state index < -0.39 is 0 Å². The predicted molar refractivity (Wildman–Crippen MR) is 120 cm³/mol. The van der Waals surface area contributed by atoms with Gasteiger partial charge in [-0.05, 0) is 38.0 Å². The van der Waals surface area contributed by atoms with E-state index >= 15 is 0 Å². The summed E-state index contributed by atoms with van der Waals surface area (Å²) in [5.41, 5.74) is 0.636. The molecule has 1 unspecified atom stereocenters. The smallest absolute Gasteiger partial charge is 0.226 e. The van der Waals surface area contributed by atoms with Gasteiger partial charge in [0.2, 0.25) is 5.91 Å². The molecule has 8 heteroatoms. The van der Waals surface area contributed by atoms with Gasteiger partial charge in [0, 0.05) is 40.5 Å². The molecule has 27 heavy (non-hydrogen) atoms. The first-order valence-corrected chi connectivity index (χ1v) is 11.0. The van der Waals surface area contributed by atoms with Crippen LogP contribution in [0.1, 0.15) is 45.4 Å². The zero-order chi connectivity index (χ0) is 18.5. The Morgan fingerprint density at radius 2 is 1.89 bits per heavy atom. The molecule has 1 aromatic rings. The summed E-state index contributed by atoms with van der Waals surface area (Å²) in [6, 6.07) is 5.72. The van der Waals surface area contributed by atoms with Gasteiger partial charge in [-0.3, -0.25) is 9.79 Å². The van der Waals surface area contributed by atoms with E-state index in [1.807, 2.05) is 0 Å². The van der Waals surface area contributed by atoms with Crippen LogP contribution in [0.25, 0.3) is 0 Å². The lowest BCUT2D eigenvalue weighted by Gasteiger charge is -2.26. The minimum absolute atomic E-state index is 0. The van der Waals surface area contributed by atoms with Gasteiger partial charge >= 0.3 is 0 Å². The topological polar surface area (TPSA) is 44.7 Å². The van der Waals surface area contributed by atoms with Crippen molar-refractivity contribution in [3.05, 3.63) is 28.2 Å². The third-order valence-corrected chi connectivity index (χ3v) is 6.45. The molecule has 1 aliphatic heterocycles. The van der Waals surface area contributed by atoms with Gasteiger partial charge in [0.1, 0.15) is 0 Å². The lowest BCUT2D eigenvalue weighted by Crippen LogP contribution is -2.37. The molecule has 1 aliphatic carbocycles. The second kappa shape index (κ2) is 10.8. The van der Waals surface area contributed by atoms with E-state index in [2.05, 4.69) is 17.1 Å². The monoisotopic (exact) mass is 449 g/mol. The Balaban J connectivity index is 0.00000261. The average Bonchev–Trinajstić information content (AvgIpc) is 2.96. The highest BCUT2D eigenvalue weighted by atomic mass is 35.5. The van der Waals surface area contributed by atoms with Crippen LogP contribution in [0.5, 0.6) is 0 Å². The molecular formula is C19H26Cl3N3OS. The summed E-state index contributed by atoms with van der Waals surface area (Å²) in [6.45, 7) is 3.00. The molecule has 1 N–H and O–H groups in total. The number of amides is 1. The number of nitrogens with zero attached hydrogens (tertiary/aromatic N) is 2. The molecule has 1 saturated carbocycles. The molecule has 1 atom stereocenters. The van der Waals surface area contributed by atoms with E-state index in [9.17, 15) is 4.79 Å². The van der Waals surface area contributed by atoms with Crippen molar-refractivity contribution in [2.45, 2.75) is 57.5 Å². The maximum Gasteiger partial charge on any atom is 0.226 e. The molecule has 2 aliphatic rings. The number of carbonyl (C=O) groups is 1. The number of halogens is 3. The van der Waals surface area contributed by atoms with Crippen molar-refractivity contribution in [1.29, 1.82) is 0 Å². The summed E-state index contributed by atoms with van der Waals surface area (Å²) >= 11 is 13.8. The molecule has 3 rings (SSSR count). The second-order valence-corrected chi connectivity index (χ2v) is 8.72. The number of rotatable bonds is 5. The van der Waals surface area contributed by atoms with Crippen LogP contribution in [0.3, 0.4) is 0 Å². The van der Waals surface area contributed by atoms with Crippen molar-refractivity contribution in [1.82, 2.24) is 4.90 Å². The average molecular weight is 451 g/mol. The Labute approximate surface area is 181 Å². The zero-order valence-corrected chi connectivity index (χ0v) is 18.6. The fourth-order valence-electron chi connectivity index (χ4n) is 3.59. The van der Waals surface area contributed by atoms with Crippen LogP contribution < -0.4 is 5.32 Å². The van der Waals surface area contributed by atoms with Crippen LogP contribution in [0.15, 0.2) is 23.2 Å². The van der Waals surface area contributed by atoms with Crippen molar-refractivity contribution < 1.29 is 4.79 Å². The van der Waals surface area contributed by atoms with Gasteiger partial charge in [-0.25, -0.2) is 0 Å². The summed E-state index contributed by atoms with van der Waals surface area (Å²) < 4.78 is 0. The summed E-state index contributed by atoms with van der Waals surface area (Å²) in [4.78, 5) is 19.7. The van der Waals surface area contributed by atoms with Gasteiger partial charge < -0.3 is 10.2 Å². The molecule has 1 saturated heterocycles. The van der Waals surface area contributed by atoms with Gasteiger partial charge in [-0.2, -0.15) is 0 Å². The van der Waals surface area contributed by atoms with E-state index in [4.69, 9.17) is 28.2 Å². The molecule has 1 aromatic carbocycles. The van der Waals surface area contributed by atoms with E-state index in [1.165, 1.54) is 32.1 Å². The number of benzene rings is 1. The van der Waals surface area contributed by atoms with Crippen LogP contribution >= 0.6 is 47.4 Å². The summed E-state index contributed by atoms with van der Waals surface area (Å²) in [5, 5.41) is 5.05. The number of nitrogens with one attached hydrogen (secondary N) is 1. The van der Waals surface area contributed by atoms with Crippen molar-refractivity contribution in [3.63, 3.8) is 0 Å². The van der Waals surface area contributed by atoms with E-state index in [0.717, 1.165) is 17.5 Å². The first-order chi connectivity index (χ1) is 12.5. The summed E-state index contributed by atoms with van der Waals surface area (Å²) in [6.07, 6.45) is 6.74. The predicted octanol–water partition coefficient (Wildman–Crippen LogP) is 5.87. The zero-order valence-electron chi connectivity index (χ0n) is 15.4. The van der Waals surface area contributed by atoms with Crippen molar-refractivity contribution >= 4 is 64.1 Å². The Kier molecular flexibility index (Phi) is 9.06. The number of carbonyl (C=O) groups excluding carboxylic acids is 1. The molecular weight excluding hydrogens is 425 g/mol. The molecule has 4 nitrogen and oxygen atoms in total. The standard InChI is InChI=1S/C19H25Cl2N3OS.ClH/c1-2-24-17(12-26-19(24)23-15-6-4-3-5-7-15)11-18(25)22-16-9-13(20)8-14(21)10-16;/h8-10,15,17H,2-7,11-12H2,1H3,(H,22,25);1H. The largest absolute Gasteiger partial charge is 0.347 e.